The number of aliphatic carboxylic acids is 1. The van der Waals surface area contributed by atoms with Gasteiger partial charge in [-0.15, -0.1) is 0 Å². The normalized spacial score (nSPS) is 28.7. The van der Waals surface area contributed by atoms with E-state index in [4.69, 9.17) is 14.6 Å². The van der Waals surface area contributed by atoms with Gasteiger partial charge in [-0.2, -0.15) is 0 Å². The van der Waals surface area contributed by atoms with Crippen molar-refractivity contribution in [2.45, 2.75) is 95.9 Å². The van der Waals surface area contributed by atoms with E-state index in [1.165, 1.54) is 39.0 Å². The Balaban J connectivity index is 2.41. The summed E-state index contributed by atoms with van der Waals surface area (Å²) in [6, 6.07) is -1.02. The summed E-state index contributed by atoms with van der Waals surface area (Å²) in [4.78, 5) is 22.5. The highest BCUT2D eigenvalue weighted by molar-refractivity contribution is 5.74. The van der Waals surface area contributed by atoms with Gasteiger partial charge in [-0.25, -0.2) is 4.79 Å². The third-order valence-electron chi connectivity index (χ3n) is 4.50. The van der Waals surface area contributed by atoms with E-state index < -0.39 is 42.5 Å². The Morgan fingerprint density at radius 3 is 2.12 bits per heavy atom. The fraction of sp³-hybridized carbons (Fsp3) is 0.889. The molecular weight excluding hydrogens is 342 g/mol. The minimum atomic E-state index is -1.65. The highest BCUT2D eigenvalue weighted by atomic mass is 16.7. The Morgan fingerprint density at radius 2 is 1.58 bits per heavy atom. The minimum absolute atomic E-state index is 0.324. The number of nitrogens with one attached hydrogen (secondary N) is 1. The van der Waals surface area contributed by atoms with E-state index in [9.17, 15) is 19.8 Å². The molecule has 0 bridgehead atoms. The van der Waals surface area contributed by atoms with Gasteiger partial charge in [0.2, 0.25) is 5.91 Å². The van der Waals surface area contributed by atoms with Gasteiger partial charge in [0.25, 0.3) is 0 Å². The Labute approximate surface area is 154 Å². The van der Waals surface area contributed by atoms with Gasteiger partial charge in [0.05, 0.1) is 0 Å². The number of hydrogen-bond acceptors (Lipinski definition) is 6. The number of carbonyl (C=O) groups excluding carboxylic acids is 1. The van der Waals surface area contributed by atoms with E-state index in [-0.39, 0.29) is 0 Å². The van der Waals surface area contributed by atoms with Crippen molar-refractivity contribution in [1.82, 2.24) is 5.32 Å². The van der Waals surface area contributed by atoms with Crippen LogP contribution in [0.2, 0.25) is 0 Å². The van der Waals surface area contributed by atoms with Crippen molar-refractivity contribution in [3.05, 3.63) is 0 Å². The van der Waals surface area contributed by atoms with Crippen molar-refractivity contribution in [3.8, 4) is 0 Å². The second kappa shape index (κ2) is 12.2. The SMILES string of the molecule is CCCCCCCCCCOC1O[C@H](C(=O)O)[C@@H](O)[C@H](O)[C@H]1NC(C)=O. The van der Waals surface area contributed by atoms with Crippen LogP contribution in [0.3, 0.4) is 0 Å². The Kier molecular flexibility index (Phi) is 10.7. The number of carbonyl (C=O) groups is 2. The van der Waals surface area contributed by atoms with Crippen LogP contribution in [0.15, 0.2) is 0 Å². The summed E-state index contributed by atoms with van der Waals surface area (Å²) in [5.41, 5.74) is 0. The van der Waals surface area contributed by atoms with E-state index in [0.717, 1.165) is 19.3 Å². The number of amides is 1. The minimum Gasteiger partial charge on any atom is -0.479 e. The summed E-state index contributed by atoms with van der Waals surface area (Å²) in [7, 11) is 0. The van der Waals surface area contributed by atoms with Gasteiger partial charge < -0.3 is 30.1 Å². The van der Waals surface area contributed by atoms with E-state index in [1.807, 2.05) is 0 Å². The third-order valence-corrected chi connectivity index (χ3v) is 4.50. The zero-order chi connectivity index (χ0) is 19.5. The first-order chi connectivity index (χ1) is 12.4. The molecule has 8 heteroatoms. The zero-order valence-corrected chi connectivity index (χ0v) is 15.7. The molecule has 0 spiro atoms. The quantitative estimate of drug-likeness (QED) is 0.377. The van der Waals surface area contributed by atoms with Crippen molar-refractivity contribution in [2.24, 2.45) is 0 Å². The van der Waals surface area contributed by atoms with Crippen LogP contribution in [0.4, 0.5) is 0 Å². The van der Waals surface area contributed by atoms with Gasteiger partial charge in [0.15, 0.2) is 12.4 Å². The smallest absolute Gasteiger partial charge is 0.335 e. The number of hydrogen-bond donors (Lipinski definition) is 4. The van der Waals surface area contributed by atoms with E-state index >= 15 is 0 Å². The molecule has 26 heavy (non-hydrogen) atoms. The van der Waals surface area contributed by atoms with Crippen LogP contribution in [0.25, 0.3) is 0 Å². The van der Waals surface area contributed by atoms with Gasteiger partial charge in [-0.3, -0.25) is 4.79 Å². The lowest BCUT2D eigenvalue weighted by Crippen LogP contribution is -2.65. The van der Waals surface area contributed by atoms with Crippen LogP contribution in [0, 0.1) is 0 Å². The van der Waals surface area contributed by atoms with Crippen molar-refractivity contribution in [2.75, 3.05) is 6.61 Å². The average Bonchev–Trinajstić information content (AvgIpc) is 2.58. The largest absolute Gasteiger partial charge is 0.479 e. The molecule has 1 aliphatic rings. The van der Waals surface area contributed by atoms with E-state index in [1.54, 1.807) is 0 Å². The summed E-state index contributed by atoms with van der Waals surface area (Å²) in [6.45, 7) is 3.77. The Morgan fingerprint density at radius 1 is 1.00 bits per heavy atom. The lowest BCUT2D eigenvalue weighted by Gasteiger charge is -2.41. The lowest BCUT2D eigenvalue weighted by molar-refractivity contribution is -0.264. The number of aliphatic hydroxyl groups excluding tert-OH is 2. The van der Waals surface area contributed by atoms with Gasteiger partial charge >= 0.3 is 5.97 Å². The molecule has 8 nitrogen and oxygen atoms in total. The molecular formula is C18H33NO7. The monoisotopic (exact) mass is 375 g/mol. The molecule has 5 atom stereocenters. The summed E-state index contributed by atoms with van der Waals surface area (Å²) in [6.07, 6.45) is 3.18. The second-order valence-electron chi connectivity index (χ2n) is 6.82. The number of rotatable bonds is 12. The first kappa shape index (κ1) is 22.8. The third kappa shape index (κ3) is 7.57. The van der Waals surface area contributed by atoms with Crippen LogP contribution in [-0.2, 0) is 19.1 Å². The standard InChI is InChI=1S/C18H33NO7/c1-3-4-5-6-7-8-9-10-11-25-18-13(19-12(2)20)14(21)15(22)16(26-18)17(23)24/h13-16,18,21-22H,3-11H2,1-2H3,(H,19,20)(H,23,24)/t13-,14-,15+,16+,18?/m1/s1. The molecule has 1 aliphatic heterocycles. The topological polar surface area (TPSA) is 125 Å². The highest BCUT2D eigenvalue weighted by Crippen LogP contribution is 2.23. The Bertz CT molecular complexity index is 432. The molecule has 0 aromatic rings. The van der Waals surface area contributed by atoms with Crippen LogP contribution >= 0.6 is 0 Å². The number of unbranched alkanes of at least 4 members (excludes halogenated alkanes) is 7. The van der Waals surface area contributed by atoms with E-state index in [2.05, 4.69) is 12.2 Å². The lowest BCUT2D eigenvalue weighted by atomic mass is 9.96. The predicted molar refractivity (Wildman–Crippen MR) is 94.5 cm³/mol. The number of ether oxygens (including phenoxy) is 2. The fourth-order valence-corrected chi connectivity index (χ4v) is 3.03. The maximum absolute atomic E-state index is 11.3. The first-order valence-electron chi connectivity index (χ1n) is 9.51. The number of carboxylic acid groups (broad SMARTS) is 1. The van der Waals surface area contributed by atoms with Crippen molar-refractivity contribution in [1.29, 1.82) is 0 Å². The molecule has 1 saturated heterocycles. The number of aliphatic hydroxyl groups is 2. The molecule has 1 rings (SSSR count). The van der Waals surface area contributed by atoms with Crippen molar-refractivity contribution in [3.63, 3.8) is 0 Å². The maximum atomic E-state index is 11.3. The zero-order valence-electron chi connectivity index (χ0n) is 15.7. The summed E-state index contributed by atoms with van der Waals surface area (Å²) in [5, 5.41) is 31.6. The molecule has 0 aliphatic carbocycles. The van der Waals surface area contributed by atoms with Crippen LogP contribution in [0.5, 0.6) is 0 Å². The molecule has 152 valence electrons. The molecule has 1 fully saturated rings. The van der Waals surface area contributed by atoms with Crippen LogP contribution in [0.1, 0.15) is 65.2 Å². The van der Waals surface area contributed by atoms with Gasteiger partial charge in [0, 0.05) is 13.5 Å². The van der Waals surface area contributed by atoms with Gasteiger partial charge in [0.1, 0.15) is 18.2 Å². The van der Waals surface area contributed by atoms with Gasteiger partial charge in [-0.1, -0.05) is 51.9 Å². The molecule has 1 amide bonds. The van der Waals surface area contributed by atoms with Gasteiger partial charge in [-0.05, 0) is 6.42 Å². The van der Waals surface area contributed by atoms with E-state index in [0.29, 0.717) is 6.61 Å². The van der Waals surface area contributed by atoms with Crippen molar-refractivity contribution >= 4 is 11.9 Å². The fourth-order valence-electron chi connectivity index (χ4n) is 3.03. The molecule has 0 aromatic carbocycles. The maximum Gasteiger partial charge on any atom is 0.335 e. The summed E-state index contributed by atoms with van der Waals surface area (Å²) in [5.74, 6) is -1.82. The predicted octanol–water partition coefficient (Wildman–Crippen LogP) is 1.18. The Hall–Kier alpha value is -1.22. The summed E-state index contributed by atoms with van der Waals surface area (Å²) < 4.78 is 10.8. The molecule has 0 saturated carbocycles. The van der Waals surface area contributed by atoms with Crippen molar-refractivity contribution < 1.29 is 34.4 Å². The van der Waals surface area contributed by atoms with Crippen LogP contribution < -0.4 is 5.32 Å². The average molecular weight is 375 g/mol. The molecule has 0 aromatic heterocycles. The summed E-state index contributed by atoms with van der Waals surface area (Å²) >= 11 is 0. The molecule has 0 radical (unpaired) electrons. The molecule has 1 heterocycles. The molecule has 4 N–H and O–H groups in total. The highest BCUT2D eigenvalue weighted by Gasteiger charge is 2.48. The molecule has 1 unspecified atom stereocenters. The number of carboxylic acids is 1. The van der Waals surface area contributed by atoms with Crippen LogP contribution in [-0.4, -0.2) is 64.4 Å². The first-order valence-corrected chi connectivity index (χ1v) is 9.51. The second-order valence-corrected chi connectivity index (χ2v) is 6.82.